The van der Waals surface area contributed by atoms with E-state index in [-0.39, 0.29) is 11.9 Å². The van der Waals surface area contributed by atoms with E-state index in [1.54, 1.807) is 29.2 Å². The molecule has 2 N–H and O–H groups in total. The minimum atomic E-state index is -0.177. The Bertz CT molecular complexity index is 685. The van der Waals surface area contributed by atoms with E-state index in [0.717, 1.165) is 4.88 Å². The van der Waals surface area contributed by atoms with E-state index in [4.69, 9.17) is 11.6 Å². The molecule has 0 atom stereocenters. The third kappa shape index (κ3) is 5.26. The molecule has 0 aliphatic carbocycles. The van der Waals surface area contributed by atoms with Crippen LogP contribution in [0.1, 0.15) is 18.7 Å². The van der Waals surface area contributed by atoms with Crippen LogP contribution in [0.3, 0.4) is 0 Å². The summed E-state index contributed by atoms with van der Waals surface area (Å²) >= 11 is 7.38. The van der Waals surface area contributed by atoms with Gasteiger partial charge in [-0.1, -0.05) is 11.6 Å². The van der Waals surface area contributed by atoms with Gasteiger partial charge in [0.05, 0.1) is 10.9 Å². The summed E-state index contributed by atoms with van der Waals surface area (Å²) in [5.41, 5.74) is 1.36. The molecule has 1 heterocycles. The number of nitrogens with zero attached hydrogens (tertiary/aromatic N) is 1. The molecule has 3 amide bonds. The molecule has 0 bridgehead atoms. The number of urea groups is 1. The number of hydrogen-bond acceptors (Lipinski definition) is 3. The topological polar surface area (TPSA) is 61.4 Å². The highest BCUT2D eigenvalue weighted by Crippen LogP contribution is 2.23. The molecule has 7 heteroatoms. The summed E-state index contributed by atoms with van der Waals surface area (Å²) in [6, 6.07) is 10.6. The normalized spacial score (nSPS) is 10.2. The number of carbonyl (C=O) groups is 2. The van der Waals surface area contributed by atoms with Gasteiger partial charge in [0.15, 0.2) is 0 Å². The molecule has 23 heavy (non-hydrogen) atoms. The molecule has 0 spiro atoms. The first kappa shape index (κ1) is 17.3. The number of rotatable bonds is 5. The zero-order valence-corrected chi connectivity index (χ0v) is 14.5. The maximum Gasteiger partial charge on any atom is 0.322 e. The van der Waals surface area contributed by atoms with E-state index >= 15 is 0 Å². The second-order valence-corrected chi connectivity index (χ2v) is 6.71. The van der Waals surface area contributed by atoms with Crippen molar-refractivity contribution in [2.75, 3.05) is 17.2 Å². The first-order valence-corrected chi connectivity index (χ1v) is 8.35. The molecule has 0 aliphatic heterocycles. The van der Waals surface area contributed by atoms with Crippen LogP contribution in [0.15, 0.2) is 36.4 Å². The molecule has 1 aromatic heterocycles. The number of benzene rings is 1. The number of nitrogens with one attached hydrogen (secondary N) is 2. The smallest absolute Gasteiger partial charge is 0.322 e. The maximum absolute atomic E-state index is 12.3. The Labute approximate surface area is 144 Å². The Balaban J connectivity index is 1.97. The van der Waals surface area contributed by atoms with Crippen molar-refractivity contribution in [3.63, 3.8) is 0 Å². The van der Waals surface area contributed by atoms with E-state index in [1.807, 2.05) is 19.1 Å². The highest BCUT2D eigenvalue weighted by molar-refractivity contribution is 7.16. The summed E-state index contributed by atoms with van der Waals surface area (Å²) in [4.78, 5) is 26.1. The van der Waals surface area contributed by atoms with Crippen molar-refractivity contribution in [1.29, 1.82) is 0 Å². The van der Waals surface area contributed by atoms with Crippen LogP contribution in [-0.2, 0) is 11.3 Å². The SMILES string of the molecule is CCN(Cc1ccc(Cl)s1)C(=O)Nc1ccc(NC(C)=O)cc1. The molecule has 0 unspecified atom stereocenters. The van der Waals surface area contributed by atoms with Gasteiger partial charge in [-0.25, -0.2) is 4.79 Å². The van der Waals surface area contributed by atoms with Crippen LogP contribution < -0.4 is 10.6 Å². The number of hydrogen-bond donors (Lipinski definition) is 2. The van der Waals surface area contributed by atoms with Crippen LogP contribution in [0.4, 0.5) is 16.2 Å². The lowest BCUT2D eigenvalue weighted by Gasteiger charge is -2.20. The van der Waals surface area contributed by atoms with E-state index in [9.17, 15) is 9.59 Å². The zero-order valence-electron chi connectivity index (χ0n) is 12.9. The van der Waals surface area contributed by atoms with Crippen LogP contribution in [0.25, 0.3) is 0 Å². The summed E-state index contributed by atoms with van der Waals surface area (Å²) in [5, 5.41) is 5.53. The number of halogens is 1. The van der Waals surface area contributed by atoms with Gasteiger partial charge in [0.2, 0.25) is 5.91 Å². The van der Waals surface area contributed by atoms with Crippen LogP contribution in [0.2, 0.25) is 4.34 Å². The van der Waals surface area contributed by atoms with E-state index in [1.165, 1.54) is 18.3 Å². The Kier molecular flexibility index (Phi) is 6.01. The molecule has 2 aromatic rings. The van der Waals surface area contributed by atoms with Gasteiger partial charge in [-0.05, 0) is 43.3 Å². The van der Waals surface area contributed by atoms with E-state index in [2.05, 4.69) is 10.6 Å². The summed E-state index contributed by atoms with van der Waals surface area (Å²) in [7, 11) is 0. The van der Waals surface area contributed by atoms with Gasteiger partial charge in [0.25, 0.3) is 0 Å². The van der Waals surface area contributed by atoms with E-state index in [0.29, 0.717) is 28.8 Å². The molecule has 1 aromatic carbocycles. The fraction of sp³-hybridized carbons (Fsp3) is 0.250. The lowest BCUT2D eigenvalue weighted by Crippen LogP contribution is -2.34. The van der Waals surface area contributed by atoms with Gasteiger partial charge < -0.3 is 15.5 Å². The largest absolute Gasteiger partial charge is 0.326 e. The molecule has 0 saturated heterocycles. The molecule has 0 fully saturated rings. The molecular weight excluding hydrogens is 334 g/mol. The van der Waals surface area contributed by atoms with Gasteiger partial charge in [-0.15, -0.1) is 11.3 Å². The first-order chi connectivity index (χ1) is 11.0. The monoisotopic (exact) mass is 351 g/mol. The van der Waals surface area contributed by atoms with Crippen molar-refractivity contribution in [3.05, 3.63) is 45.6 Å². The number of amides is 3. The first-order valence-electron chi connectivity index (χ1n) is 7.15. The molecule has 0 saturated carbocycles. The van der Waals surface area contributed by atoms with Gasteiger partial charge >= 0.3 is 6.03 Å². The van der Waals surface area contributed by atoms with Crippen molar-refractivity contribution >= 4 is 46.3 Å². The lowest BCUT2D eigenvalue weighted by atomic mass is 10.3. The average molecular weight is 352 g/mol. The number of anilines is 2. The predicted molar refractivity (Wildman–Crippen MR) is 95.2 cm³/mol. The van der Waals surface area contributed by atoms with Crippen LogP contribution in [0.5, 0.6) is 0 Å². The predicted octanol–water partition coefficient (Wildman–Crippen LogP) is 4.41. The number of thiophene rings is 1. The summed E-state index contributed by atoms with van der Waals surface area (Å²) in [6.45, 7) is 4.48. The quantitative estimate of drug-likeness (QED) is 0.837. The van der Waals surface area contributed by atoms with Gasteiger partial charge in [0, 0.05) is 29.7 Å². The van der Waals surface area contributed by atoms with Crippen molar-refractivity contribution < 1.29 is 9.59 Å². The second kappa shape index (κ2) is 7.99. The maximum atomic E-state index is 12.3. The summed E-state index contributed by atoms with van der Waals surface area (Å²) < 4.78 is 0.713. The van der Waals surface area contributed by atoms with Gasteiger partial charge in [0.1, 0.15) is 0 Å². The van der Waals surface area contributed by atoms with Crippen LogP contribution in [0, 0.1) is 0 Å². The molecule has 5 nitrogen and oxygen atoms in total. The van der Waals surface area contributed by atoms with Crippen molar-refractivity contribution in [1.82, 2.24) is 4.90 Å². The fourth-order valence-electron chi connectivity index (χ4n) is 1.99. The van der Waals surface area contributed by atoms with Crippen molar-refractivity contribution in [3.8, 4) is 0 Å². The Hall–Kier alpha value is -2.05. The Morgan fingerprint density at radius 2 is 1.70 bits per heavy atom. The second-order valence-electron chi connectivity index (χ2n) is 4.91. The fourth-order valence-corrected chi connectivity index (χ4v) is 3.10. The van der Waals surface area contributed by atoms with Crippen LogP contribution in [-0.4, -0.2) is 23.4 Å². The Morgan fingerprint density at radius 1 is 1.09 bits per heavy atom. The molecule has 0 aliphatic rings. The van der Waals surface area contributed by atoms with E-state index < -0.39 is 0 Å². The third-order valence-electron chi connectivity index (χ3n) is 3.10. The third-order valence-corrected chi connectivity index (χ3v) is 4.32. The standard InChI is InChI=1S/C16H18ClN3O2S/c1-3-20(10-14-8-9-15(17)23-14)16(22)19-13-6-4-12(5-7-13)18-11(2)21/h4-9H,3,10H2,1-2H3,(H,18,21)(H,19,22). The minimum absolute atomic E-state index is 0.131. The molecule has 0 radical (unpaired) electrons. The average Bonchev–Trinajstić information content (AvgIpc) is 2.91. The summed E-state index contributed by atoms with van der Waals surface area (Å²) in [6.07, 6.45) is 0. The van der Waals surface area contributed by atoms with Crippen molar-refractivity contribution in [2.24, 2.45) is 0 Å². The Morgan fingerprint density at radius 3 is 2.17 bits per heavy atom. The minimum Gasteiger partial charge on any atom is -0.326 e. The lowest BCUT2D eigenvalue weighted by molar-refractivity contribution is -0.114. The summed E-state index contributed by atoms with van der Waals surface area (Å²) in [5.74, 6) is -0.131. The molecular formula is C16H18ClN3O2S. The van der Waals surface area contributed by atoms with Gasteiger partial charge in [-0.3, -0.25) is 4.79 Å². The van der Waals surface area contributed by atoms with Crippen LogP contribution >= 0.6 is 22.9 Å². The van der Waals surface area contributed by atoms with Crippen molar-refractivity contribution in [2.45, 2.75) is 20.4 Å². The molecule has 122 valence electrons. The highest BCUT2D eigenvalue weighted by Gasteiger charge is 2.13. The molecule has 2 rings (SSSR count). The zero-order chi connectivity index (χ0) is 16.8. The number of carbonyl (C=O) groups excluding carboxylic acids is 2. The highest BCUT2D eigenvalue weighted by atomic mass is 35.5. The van der Waals surface area contributed by atoms with Gasteiger partial charge in [-0.2, -0.15) is 0 Å².